The maximum atomic E-state index is 6.35. The van der Waals surface area contributed by atoms with Gasteiger partial charge in [-0.15, -0.1) is 0 Å². The molecule has 2 bridgehead atoms. The Kier molecular flexibility index (Phi) is 4.18. The van der Waals surface area contributed by atoms with Gasteiger partial charge < -0.3 is 0 Å². The van der Waals surface area contributed by atoms with Gasteiger partial charge in [0, 0.05) is 12.5 Å². The predicted molar refractivity (Wildman–Crippen MR) is 75.9 cm³/mol. The summed E-state index contributed by atoms with van der Waals surface area (Å²) in [6, 6.07) is 0. The molecule has 3 aliphatic rings. The Morgan fingerprint density at radius 1 is 1.06 bits per heavy atom. The first kappa shape index (κ1) is 13.4. The Balaban J connectivity index is 1.95. The molecule has 17 heavy (non-hydrogen) atoms. The van der Waals surface area contributed by atoms with Gasteiger partial charge in [0.25, 0.3) is 0 Å². The van der Waals surface area contributed by atoms with Crippen LogP contribution in [0, 0.1) is 10.8 Å². The van der Waals surface area contributed by atoms with Crippen molar-refractivity contribution in [3.05, 3.63) is 0 Å². The summed E-state index contributed by atoms with van der Waals surface area (Å²) < 4.78 is 0. The lowest BCUT2D eigenvalue weighted by Gasteiger charge is -2.53. The van der Waals surface area contributed by atoms with E-state index in [1.165, 1.54) is 64.2 Å². The largest absolute Gasteiger partial charge is 0.280 e. The van der Waals surface area contributed by atoms with Crippen LogP contribution < -0.4 is 0 Å². The molecule has 0 saturated heterocycles. The third-order valence-corrected chi connectivity index (χ3v) is 5.92. The van der Waals surface area contributed by atoms with Crippen LogP contribution in [0.15, 0.2) is 4.99 Å². The molecule has 0 aromatic heterocycles. The van der Waals surface area contributed by atoms with Gasteiger partial charge in [-0.3, -0.25) is 4.99 Å². The lowest BCUT2D eigenvalue weighted by molar-refractivity contribution is 0.0256. The molecule has 0 aromatic rings. The zero-order valence-corrected chi connectivity index (χ0v) is 12.2. The smallest absolute Gasteiger partial charge is 0.106 e. The van der Waals surface area contributed by atoms with Crippen LogP contribution in [-0.4, -0.2) is 12.2 Å². The number of hydrogen-bond acceptors (Lipinski definition) is 1. The molecule has 2 heteroatoms. The van der Waals surface area contributed by atoms with E-state index >= 15 is 0 Å². The highest BCUT2D eigenvalue weighted by Crippen LogP contribution is 2.59. The van der Waals surface area contributed by atoms with E-state index in [0.717, 1.165) is 5.17 Å². The molecule has 3 rings (SSSR count). The van der Waals surface area contributed by atoms with E-state index in [1.807, 2.05) is 7.05 Å². The zero-order valence-electron chi connectivity index (χ0n) is 11.4. The van der Waals surface area contributed by atoms with Crippen LogP contribution in [0.2, 0.25) is 0 Å². The average Bonchev–Trinajstić information content (AvgIpc) is 2.40. The van der Waals surface area contributed by atoms with Crippen molar-refractivity contribution in [2.45, 2.75) is 71.1 Å². The van der Waals surface area contributed by atoms with Crippen LogP contribution in [0.3, 0.4) is 0 Å². The summed E-state index contributed by atoms with van der Waals surface area (Å²) in [5, 5.41) is 0.902. The van der Waals surface area contributed by atoms with Crippen molar-refractivity contribution >= 4 is 16.8 Å². The maximum Gasteiger partial charge on any atom is 0.106 e. The first-order chi connectivity index (χ1) is 8.16. The summed E-state index contributed by atoms with van der Waals surface area (Å²) in [5.41, 5.74) is 0.963. The molecule has 3 aliphatic carbocycles. The third kappa shape index (κ3) is 2.54. The highest BCUT2D eigenvalue weighted by molar-refractivity contribution is 6.66. The number of nitrogens with zero attached hydrogens (tertiary/aromatic N) is 1. The Morgan fingerprint density at radius 2 is 1.65 bits per heavy atom. The molecule has 0 unspecified atom stereocenters. The SMILES string of the molecule is CCCCCC12CCC(C(Cl)=NC)(CC1)CC2. The van der Waals surface area contributed by atoms with Crippen molar-refractivity contribution in [2.75, 3.05) is 7.05 Å². The second-order valence-electron chi connectivity index (χ2n) is 6.25. The lowest BCUT2D eigenvalue weighted by atomic mass is 9.53. The summed E-state index contributed by atoms with van der Waals surface area (Å²) in [7, 11) is 1.84. The number of hydrogen-bond donors (Lipinski definition) is 0. The van der Waals surface area contributed by atoms with Gasteiger partial charge in [0.2, 0.25) is 0 Å². The number of aliphatic imine (C=N–C) groups is 1. The standard InChI is InChI=1S/C15H26ClN/c1-3-4-5-6-14-7-10-15(11-8-14,12-9-14)13(16)17-2/h3-12H2,1-2H3. The van der Waals surface area contributed by atoms with Gasteiger partial charge in [0.15, 0.2) is 0 Å². The lowest BCUT2D eigenvalue weighted by Crippen LogP contribution is -2.44. The van der Waals surface area contributed by atoms with Crippen LogP contribution in [0.1, 0.15) is 71.1 Å². The molecule has 0 aliphatic heterocycles. The Morgan fingerprint density at radius 3 is 2.12 bits per heavy atom. The average molecular weight is 256 g/mol. The highest BCUT2D eigenvalue weighted by Gasteiger charge is 2.49. The van der Waals surface area contributed by atoms with Crippen molar-refractivity contribution in [2.24, 2.45) is 15.8 Å². The molecule has 98 valence electrons. The molecule has 0 aromatic carbocycles. The Hall–Kier alpha value is -0.0400. The Bertz CT molecular complexity index is 271. The van der Waals surface area contributed by atoms with Crippen molar-refractivity contribution < 1.29 is 0 Å². The van der Waals surface area contributed by atoms with E-state index < -0.39 is 0 Å². The second kappa shape index (κ2) is 5.30. The molecule has 1 nitrogen and oxygen atoms in total. The fourth-order valence-corrected chi connectivity index (χ4v) is 4.22. The zero-order chi connectivity index (χ0) is 12.4. The molecular weight excluding hydrogens is 230 g/mol. The van der Waals surface area contributed by atoms with Crippen LogP contribution in [0.4, 0.5) is 0 Å². The second-order valence-corrected chi connectivity index (χ2v) is 6.61. The van der Waals surface area contributed by atoms with Crippen molar-refractivity contribution in [1.82, 2.24) is 0 Å². The fraction of sp³-hybridized carbons (Fsp3) is 0.933. The molecule has 0 heterocycles. The molecular formula is C15H26ClN. The first-order valence-corrected chi connectivity index (χ1v) is 7.67. The molecule has 0 radical (unpaired) electrons. The summed E-state index contributed by atoms with van der Waals surface area (Å²) in [5.74, 6) is 0. The van der Waals surface area contributed by atoms with E-state index in [9.17, 15) is 0 Å². The van der Waals surface area contributed by atoms with Crippen LogP contribution in [0.25, 0.3) is 0 Å². The number of halogens is 1. The molecule has 0 amide bonds. The van der Waals surface area contributed by atoms with E-state index in [1.54, 1.807) is 0 Å². The van der Waals surface area contributed by atoms with Gasteiger partial charge in [-0.2, -0.15) is 0 Å². The van der Waals surface area contributed by atoms with E-state index in [2.05, 4.69) is 11.9 Å². The van der Waals surface area contributed by atoms with E-state index in [4.69, 9.17) is 11.6 Å². The number of unbranched alkanes of at least 4 members (excludes halogenated alkanes) is 2. The monoisotopic (exact) mass is 255 g/mol. The molecule has 3 fully saturated rings. The van der Waals surface area contributed by atoms with Crippen LogP contribution in [0.5, 0.6) is 0 Å². The van der Waals surface area contributed by atoms with Gasteiger partial charge in [-0.25, -0.2) is 0 Å². The molecule has 3 saturated carbocycles. The van der Waals surface area contributed by atoms with Crippen molar-refractivity contribution in [1.29, 1.82) is 0 Å². The topological polar surface area (TPSA) is 12.4 Å². The first-order valence-electron chi connectivity index (χ1n) is 7.29. The van der Waals surface area contributed by atoms with Crippen molar-refractivity contribution in [3.63, 3.8) is 0 Å². The minimum atomic E-state index is 0.281. The molecule has 0 N–H and O–H groups in total. The number of rotatable bonds is 5. The van der Waals surface area contributed by atoms with E-state index in [-0.39, 0.29) is 5.41 Å². The summed E-state index contributed by atoms with van der Waals surface area (Å²) >= 11 is 6.35. The van der Waals surface area contributed by atoms with Gasteiger partial charge in [-0.1, -0.05) is 37.8 Å². The normalized spacial score (nSPS) is 37.5. The summed E-state index contributed by atoms with van der Waals surface area (Å²) in [6.07, 6.45) is 13.7. The van der Waals surface area contributed by atoms with Gasteiger partial charge >= 0.3 is 0 Å². The Labute approximate surface area is 111 Å². The quantitative estimate of drug-likeness (QED) is 0.474. The minimum absolute atomic E-state index is 0.281. The van der Waals surface area contributed by atoms with Crippen LogP contribution in [-0.2, 0) is 0 Å². The fourth-order valence-electron chi connectivity index (χ4n) is 3.93. The third-order valence-electron chi connectivity index (χ3n) is 5.35. The van der Waals surface area contributed by atoms with Gasteiger partial charge in [0.1, 0.15) is 5.17 Å². The minimum Gasteiger partial charge on any atom is -0.280 e. The number of fused-ring (bicyclic) bond motifs is 3. The maximum absolute atomic E-state index is 6.35. The van der Waals surface area contributed by atoms with Crippen molar-refractivity contribution in [3.8, 4) is 0 Å². The highest BCUT2D eigenvalue weighted by atomic mass is 35.5. The molecule has 0 spiro atoms. The summed E-state index contributed by atoms with van der Waals surface area (Å²) in [4.78, 5) is 4.26. The van der Waals surface area contributed by atoms with Gasteiger partial charge in [-0.05, 0) is 50.4 Å². The predicted octanol–water partition coefficient (Wildman–Crippen LogP) is 5.17. The van der Waals surface area contributed by atoms with Gasteiger partial charge in [0.05, 0.1) is 0 Å². The van der Waals surface area contributed by atoms with E-state index in [0.29, 0.717) is 5.41 Å². The summed E-state index contributed by atoms with van der Waals surface area (Å²) in [6.45, 7) is 2.29. The van der Waals surface area contributed by atoms with Crippen LogP contribution >= 0.6 is 11.6 Å². The molecule has 0 atom stereocenters.